The van der Waals surface area contributed by atoms with Gasteiger partial charge < -0.3 is 18.8 Å². The van der Waals surface area contributed by atoms with E-state index in [4.69, 9.17) is 13.9 Å². The zero-order valence-electron chi connectivity index (χ0n) is 19.3. The molecule has 0 bridgehead atoms. The highest BCUT2D eigenvalue weighted by Crippen LogP contribution is 2.28. The van der Waals surface area contributed by atoms with Gasteiger partial charge in [0.05, 0.1) is 25.5 Å². The minimum Gasteiger partial charge on any atom is -0.493 e. The van der Waals surface area contributed by atoms with E-state index < -0.39 is 5.91 Å². The van der Waals surface area contributed by atoms with Crippen molar-refractivity contribution in [2.75, 3.05) is 26.8 Å². The Balaban J connectivity index is 1.47. The SMILES string of the molecule is COc1cc(C(=O)NNC(=O)C2CCN(C(=O)c3ccoc3)CC2)ccc1OCCC(C)C. The highest BCUT2D eigenvalue weighted by atomic mass is 16.5. The molecule has 1 saturated heterocycles. The Morgan fingerprint density at radius 3 is 2.48 bits per heavy atom. The molecule has 0 unspecified atom stereocenters. The average molecular weight is 458 g/mol. The van der Waals surface area contributed by atoms with Gasteiger partial charge in [0.15, 0.2) is 11.5 Å². The monoisotopic (exact) mass is 457 g/mol. The second-order valence-electron chi connectivity index (χ2n) is 8.42. The van der Waals surface area contributed by atoms with Gasteiger partial charge in [0.2, 0.25) is 5.91 Å². The summed E-state index contributed by atoms with van der Waals surface area (Å²) in [7, 11) is 1.51. The number of ether oxygens (including phenoxy) is 2. The molecular weight excluding hydrogens is 426 g/mol. The Kier molecular flexibility index (Phi) is 8.34. The summed E-state index contributed by atoms with van der Waals surface area (Å²) < 4.78 is 16.0. The van der Waals surface area contributed by atoms with Crippen LogP contribution in [0.15, 0.2) is 41.2 Å². The Labute approximate surface area is 193 Å². The third-order valence-corrected chi connectivity index (χ3v) is 5.60. The molecule has 0 atom stereocenters. The lowest BCUT2D eigenvalue weighted by atomic mass is 9.96. The lowest BCUT2D eigenvalue weighted by molar-refractivity contribution is -0.127. The number of hydrogen-bond acceptors (Lipinski definition) is 6. The van der Waals surface area contributed by atoms with E-state index in [0.29, 0.717) is 61.1 Å². The summed E-state index contributed by atoms with van der Waals surface area (Å²) in [6.07, 6.45) is 4.81. The smallest absolute Gasteiger partial charge is 0.269 e. The van der Waals surface area contributed by atoms with Crippen LogP contribution in [-0.4, -0.2) is 49.4 Å². The van der Waals surface area contributed by atoms with Gasteiger partial charge in [0.25, 0.3) is 11.8 Å². The van der Waals surface area contributed by atoms with E-state index in [2.05, 4.69) is 24.7 Å². The first-order valence-electron chi connectivity index (χ1n) is 11.1. The van der Waals surface area contributed by atoms with Crippen LogP contribution in [0.1, 0.15) is 53.8 Å². The summed E-state index contributed by atoms with van der Waals surface area (Å²) in [5.74, 6) is 0.408. The molecule has 0 saturated carbocycles. The summed E-state index contributed by atoms with van der Waals surface area (Å²) in [6.45, 7) is 5.72. The summed E-state index contributed by atoms with van der Waals surface area (Å²) in [5, 5.41) is 0. The fourth-order valence-electron chi connectivity index (χ4n) is 3.54. The maximum absolute atomic E-state index is 12.5. The molecular formula is C24H31N3O6. The number of hydrogen-bond donors (Lipinski definition) is 2. The van der Waals surface area contributed by atoms with Crippen LogP contribution < -0.4 is 20.3 Å². The van der Waals surface area contributed by atoms with Crippen LogP contribution in [0.2, 0.25) is 0 Å². The van der Waals surface area contributed by atoms with E-state index >= 15 is 0 Å². The number of carbonyl (C=O) groups excluding carboxylic acids is 3. The third-order valence-electron chi connectivity index (χ3n) is 5.60. The predicted molar refractivity (Wildman–Crippen MR) is 121 cm³/mol. The van der Waals surface area contributed by atoms with E-state index in [-0.39, 0.29) is 17.7 Å². The van der Waals surface area contributed by atoms with Gasteiger partial charge in [-0.25, -0.2) is 0 Å². The van der Waals surface area contributed by atoms with Crippen LogP contribution in [0.25, 0.3) is 0 Å². The highest BCUT2D eigenvalue weighted by Gasteiger charge is 2.28. The van der Waals surface area contributed by atoms with Crippen molar-refractivity contribution in [3.8, 4) is 11.5 Å². The first kappa shape index (κ1) is 24.2. The van der Waals surface area contributed by atoms with Crippen molar-refractivity contribution in [1.82, 2.24) is 15.8 Å². The van der Waals surface area contributed by atoms with Crippen molar-refractivity contribution >= 4 is 17.7 Å². The van der Waals surface area contributed by atoms with E-state index in [9.17, 15) is 14.4 Å². The van der Waals surface area contributed by atoms with Crippen molar-refractivity contribution in [3.63, 3.8) is 0 Å². The molecule has 0 aliphatic carbocycles. The Morgan fingerprint density at radius 2 is 1.85 bits per heavy atom. The molecule has 2 heterocycles. The van der Waals surface area contributed by atoms with Gasteiger partial charge in [-0.2, -0.15) is 0 Å². The molecule has 0 radical (unpaired) electrons. The molecule has 9 nitrogen and oxygen atoms in total. The van der Waals surface area contributed by atoms with Gasteiger partial charge in [-0.15, -0.1) is 0 Å². The minimum absolute atomic E-state index is 0.110. The summed E-state index contributed by atoms with van der Waals surface area (Å²) in [4.78, 5) is 39.1. The zero-order chi connectivity index (χ0) is 23.8. The minimum atomic E-state index is -0.456. The van der Waals surface area contributed by atoms with Crippen molar-refractivity contribution in [1.29, 1.82) is 0 Å². The van der Waals surface area contributed by atoms with Gasteiger partial charge >= 0.3 is 0 Å². The molecule has 1 aliphatic heterocycles. The van der Waals surface area contributed by atoms with Gasteiger partial charge in [0.1, 0.15) is 6.26 Å². The van der Waals surface area contributed by atoms with E-state index in [1.165, 1.54) is 19.6 Å². The number of hydrazine groups is 1. The molecule has 9 heteroatoms. The second kappa shape index (κ2) is 11.4. The maximum Gasteiger partial charge on any atom is 0.269 e. The molecule has 2 N–H and O–H groups in total. The largest absolute Gasteiger partial charge is 0.493 e. The number of nitrogens with one attached hydrogen (secondary N) is 2. The summed E-state index contributed by atoms with van der Waals surface area (Å²) in [5.41, 5.74) is 5.78. The number of methoxy groups -OCH3 is 1. The average Bonchev–Trinajstić information content (AvgIpc) is 3.37. The van der Waals surface area contributed by atoms with E-state index in [0.717, 1.165) is 6.42 Å². The molecule has 1 aromatic carbocycles. The number of piperidine rings is 1. The molecule has 3 rings (SSSR count). The molecule has 0 spiro atoms. The highest BCUT2D eigenvalue weighted by molar-refractivity contribution is 5.96. The topological polar surface area (TPSA) is 110 Å². The molecule has 178 valence electrons. The van der Waals surface area contributed by atoms with Crippen molar-refractivity contribution in [2.24, 2.45) is 11.8 Å². The number of likely N-dealkylation sites (tertiary alicyclic amines) is 1. The fourth-order valence-corrected chi connectivity index (χ4v) is 3.54. The second-order valence-corrected chi connectivity index (χ2v) is 8.42. The van der Waals surface area contributed by atoms with Crippen LogP contribution in [-0.2, 0) is 4.79 Å². The van der Waals surface area contributed by atoms with Crippen molar-refractivity contribution in [3.05, 3.63) is 47.9 Å². The predicted octanol–water partition coefficient (Wildman–Crippen LogP) is 3.03. The first-order valence-corrected chi connectivity index (χ1v) is 11.1. The summed E-state index contributed by atoms with van der Waals surface area (Å²) in [6, 6.07) is 6.50. The molecule has 1 fully saturated rings. The van der Waals surface area contributed by atoms with Gasteiger partial charge in [-0.3, -0.25) is 25.2 Å². The summed E-state index contributed by atoms with van der Waals surface area (Å²) >= 11 is 0. The number of amides is 3. The number of benzene rings is 1. The maximum atomic E-state index is 12.5. The van der Waals surface area contributed by atoms with Crippen LogP contribution in [0.3, 0.4) is 0 Å². The van der Waals surface area contributed by atoms with Gasteiger partial charge in [-0.05, 0) is 49.4 Å². The molecule has 1 aromatic heterocycles. The van der Waals surface area contributed by atoms with Crippen molar-refractivity contribution in [2.45, 2.75) is 33.1 Å². The Morgan fingerprint density at radius 1 is 1.09 bits per heavy atom. The lowest BCUT2D eigenvalue weighted by Crippen LogP contribution is -2.48. The number of nitrogens with zero attached hydrogens (tertiary/aromatic N) is 1. The molecule has 1 aliphatic rings. The van der Waals surface area contributed by atoms with E-state index in [1.807, 2.05) is 0 Å². The molecule has 33 heavy (non-hydrogen) atoms. The molecule has 3 amide bonds. The third kappa shape index (κ3) is 6.50. The number of rotatable bonds is 8. The number of carbonyl (C=O) groups is 3. The normalized spacial score (nSPS) is 14.1. The number of furan rings is 1. The van der Waals surface area contributed by atoms with Crippen LogP contribution in [0, 0.1) is 11.8 Å². The van der Waals surface area contributed by atoms with E-state index in [1.54, 1.807) is 29.2 Å². The Bertz CT molecular complexity index is 949. The van der Waals surface area contributed by atoms with Crippen LogP contribution in [0.4, 0.5) is 0 Å². The Hall–Kier alpha value is -3.49. The quantitative estimate of drug-likeness (QED) is 0.590. The fraction of sp³-hybridized carbons (Fsp3) is 0.458. The van der Waals surface area contributed by atoms with Crippen LogP contribution >= 0.6 is 0 Å². The molecule has 2 aromatic rings. The zero-order valence-corrected chi connectivity index (χ0v) is 19.3. The van der Waals surface area contributed by atoms with Gasteiger partial charge in [-0.1, -0.05) is 13.8 Å². The first-order chi connectivity index (χ1) is 15.9. The van der Waals surface area contributed by atoms with Gasteiger partial charge in [0, 0.05) is 24.6 Å². The standard InChI is InChI=1S/C24H31N3O6/c1-16(2)8-13-33-20-5-4-18(14-21(20)31-3)23(29)26-25-22(28)17-6-10-27(11-7-17)24(30)19-9-12-32-15-19/h4-5,9,12,14-17H,6-8,10-11,13H2,1-3H3,(H,25,28)(H,26,29). The lowest BCUT2D eigenvalue weighted by Gasteiger charge is -2.31. The van der Waals surface area contributed by atoms with Crippen LogP contribution in [0.5, 0.6) is 11.5 Å². The van der Waals surface area contributed by atoms with Crippen molar-refractivity contribution < 1.29 is 28.3 Å².